The number of allylic oxidation sites excluding steroid dienone is 1. The van der Waals surface area contributed by atoms with Crippen molar-refractivity contribution in [3.05, 3.63) is 47.0 Å². The highest BCUT2D eigenvalue weighted by Gasteiger charge is 2.42. The minimum absolute atomic E-state index is 0.244. The zero-order valence-electron chi connectivity index (χ0n) is 15.9. The van der Waals surface area contributed by atoms with Crippen molar-refractivity contribution in [3.63, 3.8) is 0 Å². The van der Waals surface area contributed by atoms with Gasteiger partial charge in [0.25, 0.3) is 0 Å². The number of benzene rings is 1. The molecule has 1 heterocycles. The first-order valence-corrected chi connectivity index (χ1v) is 10.7. The number of ether oxygens (including phenoxy) is 2. The van der Waals surface area contributed by atoms with Gasteiger partial charge >= 0.3 is 0 Å². The molecule has 27 heavy (non-hydrogen) atoms. The molecule has 2 aliphatic rings. The number of terminal acetylenes is 1. The summed E-state index contributed by atoms with van der Waals surface area (Å²) in [7, 11) is -3.66. The van der Waals surface area contributed by atoms with Gasteiger partial charge in [0.15, 0.2) is 5.79 Å². The Morgan fingerprint density at radius 2 is 1.85 bits per heavy atom. The van der Waals surface area contributed by atoms with Gasteiger partial charge in [-0.1, -0.05) is 18.2 Å². The van der Waals surface area contributed by atoms with E-state index in [1.54, 1.807) is 30.3 Å². The van der Waals surface area contributed by atoms with Crippen LogP contribution in [0.1, 0.15) is 39.5 Å². The molecular formula is C22H26O4S. The molecule has 0 unspecified atom stereocenters. The first-order chi connectivity index (χ1) is 12.8. The van der Waals surface area contributed by atoms with E-state index < -0.39 is 21.0 Å². The second-order valence-corrected chi connectivity index (χ2v) is 9.89. The van der Waals surface area contributed by atoms with Crippen molar-refractivity contribution in [2.75, 3.05) is 13.2 Å². The highest BCUT2D eigenvalue weighted by Crippen LogP contribution is 2.40. The normalized spacial score (nSPS) is 20.9. The summed E-state index contributed by atoms with van der Waals surface area (Å²) >= 11 is 0. The molecule has 0 spiro atoms. The van der Waals surface area contributed by atoms with E-state index in [1.165, 1.54) is 0 Å². The molecule has 1 aliphatic carbocycles. The lowest BCUT2D eigenvalue weighted by atomic mass is 9.82. The van der Waals surface area contributed by atoms with Crippen molar-refractivity contribution in [1.29, 1.82) is 0 Å². The average Bonchev–Trinajstić information content (AvgIpc) is 3.46. The molecule has 0 aromatic heterocycles. The van der Waals surface area contributed by atoms with Gasteiger partial charge in [0.05, 0.1) is 23.0 Å². The van der Waals surface area contributed by atoms with Crippen LogP contribution in [-0.4, -0.2) is 27.4 Å². The fraction of sp³-hybridized carbons (Fsp3) is 0.500. The summed E-state index contributed by atoms with van der Waals surface area (Å²) in [4.78, 5) is 0.522. The molecule has 5 heteroatoms. The third-order valence-electron chi connectivity index (χ3n) is 4.94. The summed E-state index contributed by atoms with van der Waals surface area (Å²) in [5.41, 5.74) is 2.52. The topological polar surface area (TPSA) is 52.6 Å². The summed E-state index contributed by atoms with van der Waals surface area (Å²) < 4.78 is 38.2. The molecule has 144 valence electrons. The molecular weight excluding hydrogens is 360 g/mol. The second-order valence-electron chi connectivity index (χ2n) is 7.92. The molecule has 0 amide bonds. The van der Waals surface area contributed by atoms with E-state index in [2.05, 4.69) is 11.7 Å². The fourth-order valence-electron chi connectivity index (χ4n) is 3.00. The zero-order chi connectivity index (χ0) is 19.5. The summed E-state index contributed by atoms with van der Waals surface area (Å²) in [5.74, 6) is 2.41. The van der Waals surface area contributed by atoms with Crippen LogP contribution in [0.4, 0.5) is 0 Å². The standard InChI is InChI=1S/C22H26O4S/c1-4-14-22(16-25-21(2,3)26-17-22)15-20(13-12-18-10-11-18)27(23,24)19-8-6-5-7-9-19/h1,5-9,12,18H,10-11,14-17H2,2-3H3. The third-order valence-corrected chi connectivity index (χ3v) is 6.75. The van der Waals surface area contributed by atoms with Crippen LogP contribution in [0, 0.1) is 23.7 Å². The van der Waals surface area contributed by atoms with Gasteiger partial charge in [0.2, 0.25) is 9.84 Å². The van der Waals surface area contributed by atoms with Gasteiger partial charge < -0.3 is 9.47 Å². The lowest BCUT2D eigenvalue weighted by molar-refractivity contribution is -0.284. The van der Waals surface area contributed by atoms with E-state index in [0.717, 1.165) is 12.8 Å². The van der Waals surface area contributed by atoms with Crippen LogP contribution in [-0.2, 0) is 19.3 Å². The van der Waals surface area contributed by atoms with Crippen LogP contribution < -0.4 is 0 Å². The van der Waals surface area contributed by atoms with Gasteiger partial charge in [-0.2, -0.15) is 0 Å². The molecule has 1 aromatic rings. The van der Waals surface area contributed by atoms with Gasteiger partial charge in [0.1, 0.15) is 0 Å². The molecule has 1 saturated heterocycles. The van der Waals surface area contributed by atoms with Crippen molar-refractivity contribution in [3.8, 4) is 12.3 Å². The molecule has 0 N–H and O–H groups in total. The molecule has 0 bridgehead atoms. The SMILES string of the molecule is C#CCC1(CC(=C=CC2CC2)S(=O)(=O)c2ccccc2)COC(C)(C)OC1. The van der Waals surface area contributed by atoms with Gasteiger partial charge in [-0.3, -0.25) is 0 Å². The number of hydrogen-bond acceptors (Lipinski definition) is 4. The average molecular weight is 387 g/mol. The molecule has 3 rings (SSSR count). The maximum Gasteiger partial charge on any atom is 0.210 e. The van der Waals surface area contributed by atoms with E-state index in [4.69, 9.17) is 15.9 Å². The summed E-state index contributed by atoms with van der Waals surface area (Å²) in [5, 5.41) is 0. The largest absolute Gasteiger partial charge is 0.350 e. The molecule has 2 fully saturated rings. The van der Waals surface area contributed by atoms with Gasteiger partial charge in [-0.05, 0) is 50.8 Å². The van der Waals surface area contributed by atoms with Crippen molar-refractivity contribution >= 4 is 9.84 Å². The number of sulfone groups is 1. The Kier molecular flexibility index (Phi) is 5.65. The zero-order valence-corrected chi connectivity index (χ0v) is 16.7. The summed E-state index contributed by atoms with van der Waals surface area (Å²) in [6.45, 7) is 4.39. The van der Waals surface area contributed by atoms with Gasteiger partial charge in [-0.25, -0.2) is 8.42 Å². The lowest BCUT2D eigenvalue weighted by Crippen LogP contribution is -2.46. The smallest absolute Gasteiger partial charge is 0.210 e. The van der Waals surface area contributed by atoms with Crippen LogP contribution in [0.3, 0.4) is 0 Å². The van der Waals surface area contributed by atoms with Gasteiger partial charge in [-0.15, -0.1) is 18.1 Å². The summed E-state index contributed by atoms with van der Waals surface area (Å²) in [6.07, 6.45) is 10.3. The summed E-state index contributed by atoms with van der Waals surface area (Å²) in [6, 6.07) is 8.47. The second kappa shape index (κ2) is 7.66. The van der Waals surface area contributed by atoms with Crippen molar-refractivity contribution < 1.29 is 17.9 Å². The monoisotopic (exact) mass is 386 g/mol. The van der Waals surface area contributed by atoms with Crippen LogP contribution in [0.15, 0.2) is 51.9 Å². The Morgan fingerprint density at radius 1 is 1.22 bits per heavy atom. The predicted octanol–water partition coefficient (Wildman–Crippen LogP) is 4.09. The van der Waals surface area contributed by atoms with E-state index >= 15 is 0 Å². The van der Waals surface area contributed by atoms with Crippen LogP contribution in [0.2, 0.25) is 0 Å². The van der Waals surface area contributed by atoms with Crippen LogP contribution >= 0.6 is 0 Å². The molecule has 1 aromatic carbocycles. The first kappa shape index (κ1) is 19.9. The van der Waals surface area contributed by atoms with Crippen molar-refractivity contribution in [2.45, 2.75) is 50.2 Å². The van der Waals surface area contributed by atoms with E-state index in [9.17, 15) is 8.42 Å². The predicted molar refractivity (Wildman–Crippen MR) is 104 cm³/mol. The first-order valence-electron chi connectivity index (χ1n) is 9.24. The molecule has 1 aliphatic heterocycles. The van der Waals surface area contributed by atoms with Gasteiger partial charge in [0, 0.05) is 18.3 Å². The third kappa shape index (κ3) is 4.91. The molecule has 0 radical (unpaired) electrons. The Balaban J connectivity index is 1.96. The lowest BCUT2D eigenvalue weighted by Gasteiger charge is -2.42. The molecule has 1 saturated carbocycles. The number of hydrogen-bond donors (Lipinski definition) is 0. The van der Waals surface area contributed by atoms with E-state index in [0.29, 0.717) is 25.6 Å². The van der Waals surface area contributed by atoms with Crippen molar-refractivity contribution in [2.24, 2.45) is 11.3 Å². The van der Waals surface area contributed by atoms with Crippen molar-refractivity contribution in [1.82, 2.24) is 0 Å². The minimum atomic E-state index is -3.66. The van der Waals surface area contributed by atoms with Crippen LogP contribution in [0.25, 0.3) is 0 Å². The molecule has 0 atom stereocenters. The maximum absolute atomic E-state index is 13.3. The fourth-order valence-corrected chi connectivity index (χ4v) is 4.52. The Morgan fingerprint density at radius 3 is 2.41 bits per heavy atom. The van der Waals surface area contributed by atoms with E-state index in [-0.39, 0.29) is 16.2 Å². The highest BCUT2D eigenvalue weighted by molar-refractivity contribution is 7.95. The highest BCUT2D eigenvalue weighted by atomic mass is 32.2. The maximum atomic E-state index is 13.3. The van der Waals surface area contributed by atoms with Crippen LogP contribution in [0.5, 0.6) is 0 Å². The molecule has 4 nitrogen and oxygen atoms in total. The Bertz CT molecular complexity index is 870. The Labute approximate surface area is 162 Å². The number of rotatable bonds is 6. The minimum Gasteiger partial charge on any atom is -0.350 e. The van der Waals surface area contributed by atoms with E-state index in [1.807, 2.05) is 19.9 Å². The Hall–Kier alpha value is -1.83. The quantitative estimate of drug-likeness (QED) is 0.546.